The van der Waals surface area contributed by atoms with E-state index in [0.29, 0.717) is 16.9 Å². The Morgan fingerprint density at radius 1 is 1.15 bits per heavy atom. The molecule has 1 saturated heterocycles. The van der Waals surface area contributed by atoms with Gasteiger partial charge in [-0.25, -0.2) is 8.42 Å². The van der Waals surface area contributed by atoms with Crippen LogP contribution in [0.2, 0.25) is 0 Å². The van der Waals surface area contributed by atoms with Gasteiger partial charge in [0.05, 0.1) is 11.9 Å². The first-order chi connectivity index (χ1) is 12.4. The van der Waals surface area contributed by atoms with Gasteiger partial charge in [0.25, 0.3) is 5.91 Å². The molecule has 0 atom stereocenters. The number of hydrogen-bond donors (Lipinski definition) is 3. The van der Waals surface area contributed by atoms with Gasteiger partial charge in [-0.3, -0.25) is 14.4 Å². The fraction of sp³-hybridized carbons (Fsp3) is 0.278. The summed E-state index contributed by atoms with van der Waals surface area (Å²) in [7, 11) is -3.36. The molecular weight excluding hydrogens is 352 g/mol. The van der Waals surface area contributed by atoms with Crippen LogP contribution >= 0.6 is 0 Å². The topological polar surface area (TPSA) is 90.5 Å². The molecule has 2 aromatic carbocycles. The van der Waals surface area contributed by atoms with Crippen molar-refractivity contribution in [2.45, 2.75) is 6.54 Å². The summed E-state index contributed by atoms with van der Waals surface area (Å²) in [6.07, 6.45) is 1.08. The van der Waals surface area contributed by atoms with Crippen LogP contribution in [0, 0.1) is 0 Å². The summed E-state index contributed by atoms with van der Waals surface area (Å²) in [5.74, 6) is -0.240. The van der Waals surface area contributed by atoms with Crippen molar-refractivity contribution in [3.8, 4) is 0 Å². The molecule has 0 radical (unpaired) electrons. The largest absolute Gasteiger partial charge is 0.322 e. The van der Waals surface area contributed by atoms with Crippen LogP contribution < -0.4 is 15.4 Å². The highest BCUT2D eigenvalue weighted by Gasteiger charge is 2.12. The molecule has 3 rings (SSSR count). The van der Waals surface area contributed by atoms with Crippen LogP contribution in [-0.4, -0.2) is 45.2 Å². The summed E-state index contributed by atoms with van der Waals surface area (Å²) in [4.78, 5) is 14.7. The molecule has 1 heterocycles. The number of rotatable bonds is 6. The number of nitrogens with one attached hydrogen (secondary N) is 3. The van der Waals surface area contributed by atoms with Gasteiger partial charge in [0.15, 0.2) is 0 Å². The summed E-state index contributed by atoms with van der Waals surface area (Å²) in [6, 6.07) is 14.1. The van der Waals surface area contributed by atoms with Crippen molar-refractivity contribution in [3.05, 3.63) is 59.7 Å². The van der Waals surface area contributed by atoms with Crippen LogP contribution in [0.3, 0.4) is 0 Å². The minimum atomic E-state index is -3.36. The van der Waals surface area contributed by atoms with Gasteiger partial charge in [0.2, 0.25) is 10.0 Å². The van der Waals surface area contributed by atoms with Gasteiger partial charge in [-0.05, 0) is 35.9 Å². The second kappa shape index (κ2) is 7.86. The molecule has 0 saturated carbocycles. The van der Waals surface area contributed by atoms with Crippen LogP contribution in [0.25, 0.3) is 0 Å². The Kier molecular flexibility index (Phi) is 5.55. The van der Waals surface area contributed by atoms with Crippen molar-refractivity contribution < 1.29 is 13.2 Å². The quantitative estimate of drug-likeness (QED) is 0.716. The Labute approximate surface area is 153 Å². The minimum absolute atomic E-state index is 0.240. The number of benzene rings is 2. The lowest BCUT2D eigenvalue weighted by Gasteiger charge is -2.14. The van der Waals surface area contributed by atoms with Crippen molar-refractivity contribution >= 4 is 27.3 Å². The van der Waals surface area contributed by atoms with Gasteiger partial charge in [-0.1, -0.05) is 18.2 Å². The van der Waals surface area contributed by atoms with Crippen molar-refractivity contribution in [1.29, 1.82) is 0 Å². The summed E-state index contributed by atoms with van der Waals surface area (Å²) >= 11 is 0. The van der Waals surface area contributed by atoms with E-state index in [1.165, 1.54) is 0 Å². The van der Waals surface area contributed by atoms with Gasteiger partial charge in [0.1, 0.15) is 0 Å². The lowest BCUT2D eigenvalue weighted by Crippen LogP contribution is -2.21. The average Bonchev–Trinajstić information content (AvgIpc) is 3.07. The van der Waals surface area contributed by atoms with E-state index in [2.05, 4.69) is 20.3 Å². The van der Waals surface area contributed by atoms with Gasteiger partial charge in [-0.15, -0.1) is 0 Å². The molecule has 3 N–H and O–H groups in total. The fourth-order valence-electron chi connectivity index (χ4n) is 2.79. The molecule has 0 aromatic heterocycles. The number of sulfonamides is 1. The standard InChI is InChI=1S/C18H22N4O3S/c1-26(24,25)21-17-4-2-3-16(11-17)20-18(23)15-7-5-14(6-8-15)12-22-10-9-19-13-22/h2-8,11,19,21H,9-10,12-13H2,1H3,(H,20,23). The van der Waals surface area contributed by atoms with E-state index in [9.17, 15) is 13.2 Å². The lowest BCUT2D eigenvalue weighted by molar-refractivity contribution is 0.102. The SMILES string of the molecule is CS(=O)(=O)Nc1cccc(NC(=O)c2ccc(CN3CCNC3)cc2)c1. The second-order valence-electron chi connectivity index (χ2n) is 6.32. The monoisotopic (exact) mass is 374 g/mol. The summed E-state index contributed by atoms with van der Waals surface area (Å²) in [6.45, 7) is 3.78. The van der Waals surface area contributed by atoms with Crippen LogP contribution in [0.4, 0.5) is 11.4 Å². The zero-order valence-electron chi connectivity index (χ0n) is 14.5. The molecule has 0 aliphatic carbocycles. The average molecular weight is 374 g/mol. The van der Waals surface area contributed by atoms with Gasteiger partial charge in [-0.2, -0.15) is 0 Å². The number of nitrogens with zero attached hydrogens (tertiary/aromatic N) is 1. The first-order valence-electron chi connectivity index (χ1n) is 8.30. The molecule has 1 aliphatic rings. The maximum absolute atomic E-state index is 12.4. The third kappa shape index (κ3) is 5.29. The van der Waals surface area contributed by atoms with Crippen molar-refractivity contribution in [2.24, 2.45) is 0 Å². The molecule has 1 fully saturated rings. The Morgan fingerprint density at radius 2 is 1.88 bits per heavy atom. The molecule has 8 heteroatoms. The maximum Gasteiger partial charge on any atom is 0.255 e. The Morgan fingerprint density at radius 3 is 2.54 bits per heavy atom. The highest BCUT2D eigenvalue weighted by atomic mass is 32.2. The molecule has 0 bridgehead atoms. The zero-order chi connectivity index (χ0) is 18.6. The van der Waals surface area contributed by atoms with Gasteiger partial charge < -0.3 is 10.6 Å². The van der Waals surface area contributed by atoms with Crippen LogP contribution in [0.1, 0.15) is 15.9 Å². The number of hydrogen-bond acceptors (Lipinski definition) is 5. The van der Waals surface area contributed by atoms with Crippen molar-refractivity contribution in [1.82, 2.24) is 10.2 Å². The third-order valence-corrected chi connectivity index (χ3v) is 4.59. The lowest BCUT2D eigenvalue weighted by atomic mass is 10.1. The van der Waals surface area contributed by atoms with Crippen LogP contribution in [0.5, 0.6) is 0 Å². The summed E-state index contributed by atoms with van der Waals surface area (Å²) in [5, 5.41) is 6.07. The van der Waals surface area contributed by atoms with Crippen molar-refractivity contribution in [2.75, 3.05) is 36.1 Å². The predicted octanol–water partition coefficient (Wildman–Crippen LogP) is 1.67. The Hall–Kier alpha value is -2.42. The number of anilines is 2. The molecule has 0 spiro atoms. The molecule has 0 unspecified atom stereocenters. The van der Waals surface area contributed by atoms with E-state index in [1.807, 2.05) is 12.1 Å². The van der Waals surface area contributed by atoms with Gasteiger partial charge >= 0.3 is 0 Å². The van der Waals surface area contributed by atoms with Crippen LogP contribution in [-0.2, 0) is 16.6 Å². The first-order valence-corrected chi connectivity index (χ1v) is 10.2. The van der Waals surface area contributed by atoms with Crippen LogP contribution in [0.15, 0.2) is 48.5 Å². The Bertz CT molecular complexity index is 876. The number of carbonyl (C=O) groups excluding carboxylic acids is 1. The minimum Gasteiger partial charge on any atom is -0.322 e. The van der Waals surface area contributed by atoms with E-state index in [4.69, 9.17) is 0 Å². The smallest absolute Gasteiger partial charge is 0.255 e. The molecule has 7 nitrogen and oxygen atoms in total. The van der Waals surface area contributed by atoms with E-state index >= 15 is 0 Å². The maximum atomic E-state index is 12.4. The predicted molar refractivity (Wildman–Crippen MR) is 103 cm³/mol. The Balaban J connectivity index is 1.63. The summed E-state index contributed by atoms with van der Waals surface area (Å²) < 4.78 is 25.0. The highest BCUT2D eigenvalue weighted by molar-refractivity contribution is 7.92. The normalized spacial score (nSPS) is 15.0. The zero-order valence-corrected chi connectivity index (χ0v) is 15.3. The third-order valence-electron chi connectivity index (χ3n) is 3.99. The van der Waals surface area contributed by atoms with E-state index in [1.54, 1.807) is 36.4 Å². The number of carbonyl (C=O) groups is 1. The number of amides is 1. The van der Waals surface area contributed by atoms with Gasteiger partial charge in [0, 0.05) is 37.6 Å². The van der Waals surface area contributed by atoms with Crippen molar-refractivity contribution in [3.63, 3.8) is 0 Å². The molecular formula is C18H22N4O3S. The molecule has 138 valence electrons. The van der Waals surface area contributed by atoms with E-state index in [0.717, 1.165) is 38.1 Å². The van der Waals surface area contributed by atoms with E-state index in [-0.39, 0.29) is 5.91 Å². The second-order valence-corrected chi connectivity index (χ2v) is 8.07. The highest BCUT2D eigenvalue weighted by Crippen LogP contribution is 2.17. The molecule has 2 aromatic rings. The molecule has 26 heavy (non-hydrogen) atoms. The summed E-state index contributed by atoms with van der Waals surface area (Å²) in [5.41, 5.74) is 2.63. The first kappa shape index (κ1) is 18.4. The fourth-order valence-corrected chi connectivity index (χ4v) is 3.34. The van der Waals surface area contributed by atoms with E-state index < -0.39 is 10.0 Å². The molecule has 1 aliphatic heterocycles. The molecule has 1 amide bonds.